The van der Waals surface area contributed by atoms with Crippen LogP contribution >= 0.6 is 11.6 Å². The largest absolute Gasteiger partial charge is 0.493 e. The van der Waals surface area contributed by atoms with Crippen molar-refractivity contribution in [2.45, 2.75) is 51.0 Å². The van der Waals surface area contributed by atoms with Crippen molar-refractivity contribution < 1.29 is 19.1 Å². The van der Waals surface area contributed by atoms with Gasteiger partial charge in [-0.1, -0.05) is 41.9 Å². The first-order chi connectivity index (χ1) is 16.1. The SMILES string of the molecule is COc1cc(C2C3=C(CCCC3=O)NC3=C2C(=O)CCC3)cc(Cl)c1OCc1ccccc1. The zero-order valence-electron chi connectivity index (χ0n) is 18.6. The lowest BCUT2D eigenvalue weighted by Gasteiger charge is -2.37. The Hall–Kier alpha value is -3.05. The van der Waals surface area contributed by atoms with Crippen molar-refractivity contribution >= 4 is 23.2 Å². The number of Topliss-reactive ketones (excluding diaryl/α,β-unsaturated/α-hetero) is 2. The molecular weight excluding hydrogens is 438 g/mol. The fraction of sp³-hybridized carbons (Fsp3) is 0.333. The summed E-state index contributed by atoms with van der Waals surface area (Å²) in [5.74, 6) is 0.708. The fourth-order valence-electron chi connectivity index (χ4n) is 5.09. The number of halogens is 1. The van der Waals surface area contributed by atoms with Crippen molar-refractivity contribution in [3.8, 4) is 11.5 Å². The van der Waals surface area contributed by atoms with E-state index in [9.17, 15) is 9.59 Å². The molecule has 2 aromatic carbocycles. The van der Waals surface area contributed by atoms with E-state index < -0.39 is 5.92 Å². The molecule has 0 aromatic heterocycles. The molecule has 2 aliphatic carbocycles. The maximum atomic E-state index is 13.0. The lowest BCUT2D eigenvalue weighted by molar-refractivity contribution is -0.116. The maximum absolute atomic E-state index is 13.0. The Morgan fingerprint density at radius 2 is 1.58 bits per heavy atom. The van der Waals surface area contributed by atoms with Gasteiger partial charge in [-0.05, 0) is 48.9 Å². The second-order valence-corrected chi connectivity index (χ2v) is 9.11. The van der Waals surface area contributed by atoms with Crippen LogP contribution in [0.5, 0.6) is 11.5 Å². The van der Waals surface area contributed by atoms with Crippen LogP contribution in [-0.4, -0.2) is 18.7 Å². The van der Waals surface area contributed by atoms with Crippen LogP contribution in [-0.2, 0) is 16.2 Å². The summed E-state index contributed by atoms with van der Waals surface area (Å²) < 4.78 is 11.7. The molecule has 0 radical (unpaired) electrons. The fourth-order valence-corrected chi connectivity index (χ4v) is 5.37. The van der Waals surface area contributed by atoms with E-state index in [-0.39, 0.29) is 11.6 Å². The summed E-state index contributed by atoms with van der Waals surface area (Å²) in [7, 11) is 1.57. The van der Waals surface area contributed by atoms with Crippen LogP contribution in [0.4, 0.5) is 0 Å². The minimum Gasteiger partial charge on any atom is -0.493 e. The molecule has 0 saturated heterocycles. The summed E-state index contributed by atoms with van der Waals surface area (Å²) in [4.78, 5) is 26.1. The number of carbonyl (C=O) groups is 2. The van der Waals surface area contributed by atoms with Crippen LogP contribution in [0.1, 0.15) is 55.6 Å². The molecule has 33 heavy (non-hydrogen) atoms. The van der Waals surface area contributed by atoms with Gasteiger partial charge in [0.05, 0.1) is 12.1 Å². The van der Waals surface area contributed by atoms with E-state index >= 15 is 0 Å². The molecule has 1 aliphatic heterocycles. The Morgan fingerprint density at radius 1 is 0.939 bits per heavy atom. The van der Waals surface area contributed by atoms with Crippen molar-refractivity contribution in [1.29, 1.82) is 0 Å². The smallest absolute Gasteiger partial charge is 0.180 e. The van der Waals surface area contributed by atoms with Gasteiger partial charge in [-0.2, -0.15) is 0 Å². The number of ketones is 2. The Morgan fingerprint density at radius 3 is 2.18 bits per heavy atom. The predicted molar refractivity (Wildman–Crippen MR) is 126 cm³/mol. The van der Waals surface area contributed by atoms with E-state index in [1.807, 2.05) is 42.5 Å². The third-order valence-corrected chi connectivity index (χ3v) is 6.88. The van der Waals surface area contributed by atoms with Crippen molar-refractivity contribution in [2.75, 3.05) is 7.11 Å². The second kappa shape index (κ2) is 9.06. The van der Waals surface area contributed by atoms with Crippen molar-refractivity contribution in [2.24, 2.45) is 0 Å². The molecule has 0 unspecified atom stereocenters. The standard InChI is InChI=1S/C27H26ClNO4/c1-32-23-14-17(13-18(28)27(23)33-15-16-7-3-2-4-8-16)24-25-19(9-5-11-21(25)30)29-20-10-6-12-22(31)26(20)24/h2-4,7-8,13-14,24,29H,5-6,9-12,15H2,1H3. The zero-order chi connectivity index (χ0) is 22.9. The average molecular weight is 464 g/mol. The minimum atomic E-state index is -0.425. The number of dihydropyridines is 1. The van der Waals surface area contributed by atoms with Gasteiger partial charge in [0.15, 0.2) is 23.1 Å². The highest BCUT2D eigenvalue weighted by Crippen LogP contribution is 2.48. The van der Waals surface area contributed by atoms with Gasteiger partial charge in [0.1, 0.15) is 6.61 Å². The number of hydrogen-bond acceptors (Lipinski definition) is 5. The van der Waals surface area contributed by atoms with Crippen LogP contribution < -0.4 is 14.8 Å². The van der Waals surface area contributed by atoms with E-state index in [1.165, 1.54) is 0 Å². The van der Waals surface area contributed by atoms with E-state index in [1.54, 1.807) is 7.11 Å². The summed E-state index contributed by atoms with van der Waals surface area (Å²) in [6.45, 7) is 0.352. The molecule has 5 rings (SSSR count). The second-order valence-electron chi connectivity index (χ2n) is 8.70. The molecule has 1 heterocycles. The lowest BCUT2D eigenvalue weighted by atomic mass is 9.71. The number of carbonyl (C=O) groups excluding carboxylic acids is 2. The molecule has 0 atom stereocenters. The van der Waals surface area contributed by atoms with Gasteiger partial charge in [-0.15, -0.1) is 0 Å². The number of hydrogen-bond donors (Lipinski definition) is 1. The normalized spacial score (nSPS) is 18.6. The molecule has 6 heteroatoms. The first kappa shape index (κ1) is 21.8. The Balaban J connectivity index is 1.57. The van der Waals surface area contributed by atoms with Crippen LogP contribution in [0.2, 0.25) is 5.02 Å². The maximum Gasteiger partial charge on any atom is 0.180 e. The van der Waals surface area contributed by atoms with Gasteiger partial charge in [0.25, 0.3) is 0 Å². The molecule has 0 amide bonds. The number of nitrogens with one attached hydrogen (secondary N) is 1. The number of ether oxygens (including phenoxy) is 2. The number of methoxy groups -OCH3 is 1. The number of benzene rings is 2. The summed E-state index contributed by atoms with van der Waals surface area (Å²) in [6, 6.07) is 13.5. The summed E-state index contributed by atoms with van der Waals surface area (Å²) >= 11 is 6.70. The molecule has 2 aromatic rings. The number of allylic oxidation sites excluding steroid dienone is 4. The molecule has 0 saturated carbocycles. The van der Waals surface area contributed by atoms with E-state index in [2.05, 4.69) is 5.32 Å². The first-order valence-corrected chi connectivity index (χ1v) is 11.8. The van der Waals surface area contributed by atoms with Gasteiger partial charge >= 0.3 is 0 Å². The Labute approximate surface area is 198 Å². The van der Waals surface area contributed by atoms with Gasteiger partial charge in [-0.3, -0.25) is 9.59 Å². The molecule has 170 valence electrons. The monoisotopic (exact) mass is 463 g/mol. The molecule has 3 aliphatic rings. The Kier molecular flexibility index (Phi) is 5.98. The van der Waals surface area contributed by atoms with Crippen LogP contribution in [0, 0.1) is 0 Å². The van der Waals surface area contributed by atoms with E-state index in [0.29, 0.717) is 47.1 Å². The van der Waals surface area contributed by atoms with Crippen molar-refractivity contribution in [3.05, 3.63) is 81.2 Å². The average Bonchev–Trinajstić information content (AvgIpc) is 2.82. The first-order valence-electron chi connectivity index (χ1n) is 11.4. The van der Waals surface area contributed by atoms with Gasteiger partial charge in [-0.25, -0.2) is 0 Å². The molecular formula is C27H26ClNO4. The summed E-state index contributed by atoms with van der Waals surface area (Å²) in [6.07, 6.45) is 4.26. The highest BCUT2D eigenvalue weighted by atomic mass is 35.5. The van der Waals surface area contributed by atoms with Crippen molar-refractivity contribution in [3.63, 3.8) is 0 Å². The van der Waals surface area contributed by atoms with Crippen LogP contribution in [0.3, 0.4) is 0 Å². The summed E-state index contributed by atoms with van der Waals surface area (Å²) in [5.41, 5.74) is 5.10. The van der Waals surface area contributed by atoms with Crippen LogP contribution in [0.15, 0.2) is 65.0 Å². The van der Waals surface area contributed by atoms with Gasteiger partial charge < -0.3 is 14.8 Å². The van der Waals surface area contributed by atoms with Gasteiger partial charge in [0, 0.05) is 41.3 Å². The molecule has 0 bridgehead atoms. The van der Waals surface area contributed by atoms with E-state index in [0.717, 1.165) is 48.2 Å². The number of rotatable bonds is 5. The highest BCUT2D eigenvalue weighted by molar-refractivity contribution is 6.32. The van der Waals surface area contributed by atoms with Crippen molar-refractivity contribution in [1.82, 2.24) is 5.32 Å². The molecule has 0 spiro atoms. The molecule has 1 N–H and O–H groups in total. The summed E-state index contributed by atoms with van der Waals surface area (Å²) in [5, 5.41) is 3.84. The topological polar surface area (TPSA) is 64.6 Å². The third kappa shape index (κ3) is 4.06. The van der Waals surface area contributed by atoms with Crippen LogP contribution in [0.25, 0.3) is 0 Å². The minimum absolute atomic E-state index is 0.0955. The quantitative estimate of drug-likeness (QED) is 0.622. The third-order valence-electron chi connectivity index (χ3n) is 6.60. The molecule has 0 fully saturated rings. The molecule has 5 nitrogen and oxygen atoms in total. The van der Waals surface area contributed by atoms with Gasteiger partial charge in [0.2, 0.25) is 0 Å². The predicted octanol–water partition coefficient (Wildman–Crippen LogP) is 5.63. The zero-order valence-corrected chi connectivity index (χ0v) is 19.3. The highest BCUT2D eigenvalue weighted by Gasteiger charge is 2.40. The Bertz CT molecular complexity index is 1140. The lowest BCUT2D eigenvalue weighted by Crippen LogP contribution is -2.36. The van der Waals surface area contributed by atoms with E-state index in [4.69, 9.17) is 21.1 Å².